The van der Waals surface area contributed by atoms with Gasteiger partial charge in [-0.3, -0.25) is 4.79 Å². The van der Waals surface area contributed by atoms with Crippen LogP contribution in [0.25, 0.3) is 21.2 Å². The molecule has 2 aromatic heterocycles. The average molecular weight is 493 g/mol. The van der Waals surface area contributed by atoms with Gasteiger partial charge in [0, 0.05) is 39.6 Å². The minimum atomic E-state index is -0.0705. The number of fused-ring (bicyclic) bond motifs is 2. The van der Waals surface area contributed by atoms with Crippen LogP contribution in [-0.2, 0) is 11.3 Å². The molecule has 6 rings (SSSR count). The molecule has 0 N–H and O–H groups in total. The first kappa shape index (κ1) is 21.6. The molecule has 8 heteroatoms. The van der Waals surface area contributed by atoms with E-state index in [1.165, 1.54) is 21.4 Å². The second kappa shape index (κ2) is 9.02. The number of ether oxygens (including phenoxy) is 3. The maximum atomic E-state index is 13.2. The van der Waals surface area contributed by atoms with E-state index in [0.29, 0.717) is 38.6 Å². The molecule has 6 nitrogen and oxygen atoms in total. The average Bonchev–Trinajstić information content (AvgIpc) is 3.57. The molecular weight excluding hydrogens is 468 g/mol. The van der Waals surface area contributed by atoms with Crippen molar-refractivity contribution in [3.8, 4) is 22.6 Å². The molecule has 2 aliphatic heterocycles. The first-order valence-electron chi connectivity index (χ1n) is 11.4. The van der Waals surface area contributed by atoms with Crippen molar-refractivity contribution < 1.29 is 19.0 Å². The van der Waals surface area contributed by atoms with Crippen molar-refractivity contribution in [2.75, 3.05) is 26.4 Å². The Bertz CT molecular complexity index is 1360. The van der Waals surface area contributed by atoms with Crippen LogP contribution in [0.3, 0.4) is 0 Å². The summed E-state index contributed by atoms with van der Waals surface area (Å²) in [6.07, 6.45) is 0.856. The van der Waals surface area contributed by atoms with E-state index < -0.39 is 0 Å². The zero-order valence-corrected chi connectivity index (χ0v) is 20.4. The van der Waals surface area contributed by atoms with Crippen molar-refractivity contribution in [1.82, 2.24) is 9.88 Å². The van der Waals surface area contributed by atoms with E-state index in [-0.39, 0.29) is 12.0 Å². The molecule has 1 unspecified atom stereocenters. The normalized spacial score (nSPS) is 17.9. The summed E-state index contributed by atoms with van der Waals surface area (Å²) in [6, 6.07) is 12.6. The highest BCUT2D eigenvalue weighted by atomic mass is 32.1. The van der Waals surface area contributed by atoms with Gasteiger partial charge in [0.1, 0.15) is 18.4 Å². The van der Waals surface area contributed by atoms with E-state index >= 15 is 0 Å². The molecule has 1 fully saturated rings. The highest BCUT2D eigenvalue weighted by Crippen LogP contribution is 2.42. The summed E-state index contributed by atoms with van der Waals surface area (Å²) in [5.41, 5.74) is 3.66. The fraction of sp³-hybridized carbons (Fsp3) is 0.308. The molecule has 1 amide bonds. The minimum absolute atomic E-state index is 0.00105. The second-order valence-corrected chi connectivity index (χ2v) is 10.5. The van der Waals surface area contributed by atoms with Crippen LogP contribution in [0.1, 0.15) is 27.5 Å². The van der Waals surface area contributed by atoms with Crippen molar-refractivity contribution >= 4 is 38.7 Å². The van der Waals surface area contributed by atoms with E-state index in [9.17, 15) is 4.79 Å². The Balaban J connectivity index is 1.42. The van der Waals surface area contributed by atoms with Crippen LogP contribution in [0.4, 0.5) is 0 Å². The molecule has 0 saturated carbocycles. The number of nitrogens with zero attached hydrogens (tertiary/aromatic N) is 2. The summed E-state index contributed by atoms with van der Waals surface area (Å²) in [5, 5.41) is 6.11. The van der Waals surface area contributed by atoms with Crippen LogP contribution >= 0.6 is 22.7 Å². The van der Waals surface area contributed by atoms with Crippen LogP contribution < -0.4 is 9.47 Å². The molecule has 0 bridgehead atoms. The molecular formula is C26H24N2O4S2. The zero-order chi connectivity index (χ0) is 23.1. The van der Waals surface area contributed by atoms with Gasteiger partial charge in [0.15, 0.2) is 11.5 Å². The fourth-order valence-corrected chi connectivity index (χ4v) is 6.07. The summed E-state index contributed by atoms with van der Waals surface area (Å²) in [6.45, 7) is 4.53. The van der Waals surface area contributed by atoms with Gasteiger partial charge in [-0.25, -0.2) is 4.98 Å². The van der Waals surface area contributed by atoms with Crippen molar-refractivity contribution in [2.24, 2.45) is 0 Å². The zero-order valence-electron chi connectivity index (χ0n) is 18.8. The number of hydrogen-bond donors (Lipinski definition) is 0. The highest BCUT2D eigenvalue weighted by Gasteiger charge is 2.27. The molecule has 4 aromatic rings. The molecule has 1 atom stereocenters. The Kier molecular flexibility index (Phi) is 5.72. The van der Waals surface area contributed by atoms with Gasteiger partial charge in [0.2, 0.25) is 0 Å². The summed E-state index contributed by atoms with van der Waals surface area (Å²) in [4.78, 5) is 19.4. The van der Waals surface area contributed by atoms with Gasteiger partial charge in [0.25, 0.3) is 5.91 Å². The Morgan fingerprint density at radius 2 is 2.09 bits per heavy atom. The Morgan fingerprint density at radius 1 is 1.18 bits per heavy atom. The monoisotopic (exact) mass is 492 g/mol. The van der Waals surface area contributed by atoms with Gasteiger partial charge in [-0.1, -0.05) is 18.2 Å². The Labute approximate surface area is 205 Å². The smallest absolute Gasteiger partial charge is 0.273 e. The van der Waals surface area contributed by atoms with E-state index in [1.807, 2.05) is 17.2 Å². The van der Waals surface area contributed by atoms with Crippen LogP contribution in [0, 0.1) is 6.92 Å². The summed E-state index contributed by atoms with van der Waals surface area (Å²) in [7, 11) is 0. The highest BCUT2D eigenvalue weighted by molar-refractivity contribution is 7.17. The van der Waals surface area contributed by atoms with Gasteiger partial charge < -0.3 is 19.1 Å². The SMILES string of the molecule is Cc1nc(C(=O)N2CCOc3c(cc(-c4csc5ccccc45)cc3OC3CCOC3)C2)cs1. The minimum Gasteiger partial charge on any atom is -0.487 e. The predicted octanol–water partition coefficient (Wildman–Crippen LogP) is 5.54. The molecule has 1 saturated heterocycles. The molecule has 2 aromatic carbocycles. The summed E-state index contributed by atoms with van der Waals surface area (Å²) in [5.74, 6) is 1.37. The van der Waals surface area contributed by atoms with E-state index in [1.54, 1.807) is 11.3 Å². The lowest BCUT2D eigenvalue weighted by atomic mass is 10.0. The molecule has 0 radical (unpaired) electrons. The van der Waals surface area contributed by atoms with Gasteiger partial charge in [-0.15, -0.1) is 22.7 Å². The van der Waals surface area contributed by atoms with Crippen molar-refractivity contribution in [1.29, 1.82) is 0 Å². The number of aromatic nitrogens is 1. The lowest BCUT2D eigenvalue weighted by Gasteiger charge is -2.20. The third-order valence-electron chi connectivity index (χ3n) is 6.20. The standard InChI is InChI=1S/C26H24N2O4S2/c1-16-27-22(15-33-16)26(29)28-7-9-31-25-18(12-28)10-17(11-23(25)32-19-6-8-30-13-19)21-14-34-24-5-3-2-4-20(21)24/h2-5,10-11,14-15,19H,6-9,12-13H2,1H3. The molecule has 2 aliphatic rings. The third kappa shape index (κ3) is 4.06. The molecule has 4 heterocycles. The number of thiazole rings is 1. The number of carbonyl (C=O) groups excluding carboxylic acids is 1. The number of rotatable bonds is 4. The largest absolute Gasteiger partial charge is 0.487 e. The van der Waals surface area contributed by atoms with Crippen LogP contribution in [0.2, 0.25) is 0 Å². The van der Waals surface area contributed by atoms with Gasteiger partial charge in [-0.2, -0.15) is 0 Å². The maximum Gasteiger partial charge on any atom is 0.273 e. The van der Waals surface area contributed by atoms with E-state index in [0.717, 1.165) is 39.6 Å². The van der Waals surface area contributed by atoms with Crippen molar-refractivity contribution in [3.63, 3.8) is 0 Å². The number of benzene rings is 2. The van der Waals surface area contributed by atoms with E-state index in [2.05, 4.69) is 46.8 Å². The molecule has 174 valence electrons. The molecule has 0 spiro atoms. The topological polar surface area (TPSA) is 60.9 Å². The van der Waals surface area contributed by atoms with Gasteiger partial charge in [-0.05, 0) is 36.1 Å². The van der Waals surface area contributed by atoms with Crippen LogP contribution in [0.15, 0.2) is 47.2 Å². The first-order valence-corrected chi connectivity index (χ1v) is 13.1. The third-order valence-corrected chi connectivity index (χ3v) is 7.94. The van der Waals surface area contributed by atoms with Gasteiger partial charge in [0.05, 0.1) is 24.8 Å². The van der Waals surface area contributed by atoms with Crippen LogP contribution in [-0.4, -0.2) is 48.3 Å². The second-order valence-electron chi connectivity index (χ2n) is 8.54. The van der Waals surface area contributed by atoms with Crippen molar-refractivity contribution in [2.45, 2.75) is 26.0 Å². The molecule has 34 heavy (non-hydrogen) atoms. The Morgan fingerprint density at radius 3 is 2.91 bits per heavy atom. The number of hydrogen-bond acceptors (Lipinski definition) is 7. The summed E-state index contributed by atoms with van der Waals surface area (Å²) >= 11 is 3.22. The number of thiophene rings is 1. The molecule has 0 aliphatic carbocycles. The van der Waals surface area contributed by atoms with E-state index in [4.69, 9.17) is 14.2 Å². The number of aryl methyl sites for hydroxylation is 1. The maximum absolute atomic E-state index is 13.2. The summed E-state index contributed by atoms with van der Waals surface area (Å²) < 4.78 is 19.4. The lowest BCUT2D eigenvalue weighted by Crippen LogP contribution is -2.32. The Hall–Kier alpha value is -2.94. The lowest BCUT2D eigenvalue weighted by molar-refractivity contribution is 0.0727. The van der Waals surface area contributed by atoms with Gasteiger partial charge >= 0.3 is 0 Å². The van der Waals surface area contributed by atoms with Crippen LogP contribution in [0.5, 0.6) is 11.5 Å². The predicted molar refractivity (Wildman–Crippen MR) is 134 cm³/mol. The number of carbonyl (C=O) groups is 1. The fourth-order valence-electron chi connectivity index (χ4n) is 4.51. The quantitative estimate of drug-likeness (QED) is 0.375. The first-order chi connectivity index (χ1) is 16.7. The van der Waals surface area contributed by atoms with Crippen molar-refractivity contribution in [3.05, 3.63) is 63.4 Å². The number of amides is 1.